The van der Waals surface area contributed by atoms with Crippen molar-refractivity contribution in [2.75, 3.05) is 6.54 Å². The minimum Gasteiger partial charge on any atom is -0.274 e. The third kappa shape index (κ3) is 2.99. The molecule has 0 N–H and O–H groups in total. The number of imide groups is 1. The minimum atomic E-state index is -0.222. The Bertz CT molecular complexity index is 2780. The van der Waals surface area contributed by atoms with Gasteiger partial charge < -0.3 is 0 Å². The fourth-order valence-corrected chi connectivity index (χ4v) is 7.99. The first-order chi connectivity index (χ1) is 22.0. The summed E-state index contributed by atoms with van der Waals surface area (Å²) in [5.41, 5.74) is 3.30. The van der Waals surface area contributed by atoms with Crippen LogP contribution in [0.2, 0.25) is 0 Å². The number of amides is 2. The van der Waals surface area contributed by atoms with Gasteiger partial charge in [0.2, 0.25) is 0 Å². The number of fused-ring (bicyclic) bond motifs is 7. The molecule has 2 aromatic heterocycles. The molecule has 10 rings (SSSR count). The fourth-order valence-electron chi connectivity index (χ4n) is 7.99. The van der Waals surface area contributed by atoms with E-state index in [-0.39, 0.29) is 17.4 Å². The van der Waals surface area contributed by atoms with Gasteiger partial charge in [-0.05, 0) is 85.9 Å². The van der Waals surface area contributed by atoms with Crippen LogP contribution in [0.3, 0.4) is 0 Å². The van der Waals surface area contributed by atoms with Gasteiger partial charge in [0.1, 0.15) is 5.65 Å². The smallest absolute Gasteiger partial charge is 0.264 e. The Morgan fingerprint density at radius 1 is 0.600 bits per heavy atom. The zero-order chi connectivity index (χ0) is 30.1. The molecule has 0 saturated carbocycles. The summed E-state index contributed by atoms with van der Waals surface area (Å²) < 4.78 is 1.76. The van der Waals surface area contributed by atoms with E-state index in [1.54, 1.807) is 4.40 Å². The molecule has 45 heavy (non-hydrogen) atoms. The van der Waals surface area contributed by atoms with Crippen molar-refractivity contribution in [2.45, 2.75) is 26.2 Å². The van der Waals surface area contributed by atoms with Gasteiger partial charge in [-0.1, -0.05) is 68.3 Å². The number of benzene rings is 7. The third-order valence-corrected chi connectivity index (χ3v) is 10.0. The largest absolute Gasteiger partial charge is 0.274 e. The normalized spacial score (nSPS) is 13.9. The molecule has 0 aliphatic carbocycles. The molecule has 7 aromatic carbocycles. The molecule has 1 aliphatic rings. The second kappa shape index (κ2) is 8.51. The van der Waals surface area contributed by atoms with Crippen molar-refractivity contribution < 1.29 is 9.59 Å². The van der Waals surface area contributed by atoms with Crippen LogP contribution in [-0.2, 0) is 0 Å². The third-order valence-electron chi connectivity index (χ3n) is 10.0. The lowest BCUT2D eigenvalue weighted by molar-refractivity contribution is 0.0608. The highest BCUT2D eigenvalue weighted by Gasteiger charge is 2.34. The second-order valence-corrected chi connectivity index (χ2v) is 12.4. The van der Waals surface area contributed by atoms with Crippen LogP contribution in [0.4, 0.5) is 0 Å². The first kappa shape index (κ1) is 24.8. The number of unbranched alkanes of at least 4 members (excludes halogenated alkanes) is 2. The van der Waals surface area contributed by atoms with Crippen molar-refractivity contribution in [3.63, 3.8) is 0 Å². The Balaban J connectivity index is 1.31. The summed E-state index contributed by atoms with van der Waals surface area (Å²) >= 11 is 0. The van der Waals surface area contributed by atoms with Gasteiger partial charge in [-0.3, -0.25) is 23.7 Å². The van der Waals surface area contributed by atoms with Crippen LogP contribution in [0.1, 0.15) is 46.9 Å². The molecule has 0 fully saturated rings. The molecular formula is C39H25N3O3. The quantitative estimate of drug-likeness (QED) is 0.0902. The Labute approximate surface area is 255 Å². The van der Waals surface area contributed by atoms with Crippen LogP contribution in [0.5, 0.6) is 0 Å². The molecular weight excluding hydrogens is 558 g/mol. The van der Waals surface area contributed by atoms with Crippen LogP contribution in [0, 0.1) is 0 Å². The molecule has 0 atom stereocenters. The average molecular weight is 584 g/mol. The number of carbonyl (C=O) groups excluding carboxylic acids is 2. The summed E-state index contributed by atoms with van der Waals surface area (Å²) in [4.78, 5) is 48.0. The molecule has 0 saturated heterocycles. The van der Waals surface area contributed by atoms with Gasteiger partial charge in [0.25, 0.3) is 17.4 Å². The minimum absolute atomic E-state index is 0.0885. The van der Waals surface area contributed by atoms with Gasteiger partial charge >= 0.3 is 0 Å². The van der Waals surface area contributed by atoms with Crippen LogP contribution in [0.25, 0.3) is 81.3 Å². The average Bonchev–Trinajstić information content (AvgIpc) is 3.44. The topological polar surface area (TPSA) is 71.8 Å². The predicted octanol–water partition coefficient (Wildman–Crippen LogP) is 8.43. The first-order valence-corrected chi connectivity index (χ1v) is 15.6. The van der Waals surface area contributed by atoms with Crippen molar-refractivity contribution in [3.05, 3.63) is 106 Å². The van der Waals surface area contributed by atoms with Gasteiger partial charge in [0.05, 0.1) is 11.0 Å². The van der Waals surface area contributed by atoms with Crippen LogP contribution >= 0.6 is 0 Å². The molecule has 0 radical (unpaired) electrons. The highest BCUT2D eigenvalue weighted by atomic mass is 16.2. The van der Waals surface area contributed by atoms with E-state index in [1.807, 2.05) is 48.5 Å². The molecule has 0 spiro atoms. The lowest BCUT2D eigenvalue weighted by atomic mass is 9.84. The zero-order valence-corrected chi connectivity index (χ0v) is 24.5. The van der Waals surface area contributed by atoms with E-state index in [0.29, 0.717) is 28.7 Å². The number of nitrogens with zero attached hydrogens (tertiary/aromatic N) is 3. The van der Waals surface area contributed by atoms with E-state index in [9.17, 15) is 14.4 Å². The number of aromatic nitrogens is 2. The molecule has 0 bridgehead atoms. The SMILES string of the molecule is CCCCCN1C(=O)c2ccc3c4ccc5c(=O)n6c7cc8ccccc8cc7nc6c6ccc(c7ccc(c2c37)C1=O)c4c56. The zero-order valence-electron chi connectivity index (χ0n) is 24.5. The van der Waals surface area contributed by atoms with Gasteiger partial charge in [-0.2, -0.15) is 0 Å². The monoisotopic (exact) mass is 583 g/mol. The van der Waals surface area contributed by atoms with E-state index in [4.69, 9.17) is 4.98 Å². The van der Waals surface area contributed by atoms with E-state index < -0.39 is 0 Å². The van der Waals surface area contributed by atoms with E-state index in [0.717, 1.165) is 89.5 Å². The molecule has 6 heteroatoms. The number of pyridine rings is 1. The van der Waals surface area contributed by atoms with Crippen LogP contribution in [-0.4, -0.2) is 32.6 Å². The predicted molar refractivity (Wildman–Crippen MR) is 181 cm³/mol. The lowest BCUT2D eigenvalue weighted by Gasteiger charge is -2.28. The Hall–Kier alpha value is -5.62. The molecule has 2 amide bonds. The van der Waals surface area contributed by atoms with Gasteiger partial charge in [-0.15, -0.1) is 0 Å². The number of carbonyl (C=O) groups is 2. The van der Waals surface area contributed by atoms with Crippen molar-refractivity contribution in [1.82, 2.24) is 14.3 Å². The molecule has 6 nitrogen and oxygen atoms in total. The summed E-state index contributed by atoms with van der Waals surface area (Å²) in [5, 5.41) is 11.2. The summed E-state index contributed by atoms with van der Waals surface area (Å²) in [6, 6.07) is 28.2. The standard InChI is InChI=1S/C39H25N3O3/c1-2-3-6-17-41-37(43)27-14-10-24-22-9-13-26-34-29(16-12-23(32(22)34)25-11-15-28(38(41)44)35(27)33(24)25)39(45)42-31-19-21-8-5-4-7-20(21)18-30(31)40-36(26)42/h4-5,7-16,18-19H,2-3,6,17H2,1H3. The van der Waals surface area contributed by atoms with Crippen molar-refractivity contribution in [2.24, 2.45) is 0 Å². The highest BCUT2D eigenvalue weighted by molar-refractivity contribution is 6.41. The molecule has 0 unspecified atom stereocenters. The Morgan fingerprint density at radius 3 is 1.82 bits per heavy atom. The number of hydrogen-bond donors (Lipinski definition) is 0. The van der Waals surface area contributed by atoms with E-state index in [2.05, 4.69) is 43.3 Å². The molecule has 214 valence electrons. The summed E-state index contributed by atoms with van der Waals surface area (Å²) in [6.07, 6.45) is 2.79. The number of hydrogen-bond acceptors (Lipinski definition) is 4. The maximum Gasteiger partial charge on any atom is 0.264 e. The van der Waals surface area contributed by atoms with Crippen LogP contribution in [0.15, 0.2) is 89.7 Å². The summed E-state index contributed by atoms with van der Waals surface area (Å²) in [6.45, 7) is 2.54. The van der Waals surface area contributed by atoms with Gasteiger partial charge in [0, 0.05) is 39.2 Å². The molecule has 9 aromatic rings. The van der Waals surface area contributed by atoms with E-state index >= 15 is 0 Å². The van der Waals surface area contributed by atoms with Gasteiger partial charge in [-0.25, -0.2) is 4.98 Å². The van der Waals surface area contributed by atoms with Crippen molar-refractivity contribution >= 4 is 93.1 Å². The highest BCUT2D eigenvalue weighted by Crippen LogP contribution is 2.46. The Kier molecular flexibility index (Phi) is 4.69. The first-order valence-electron chi connectivity index (χ1n) is 15.6. The summed E-state index contributed by atoms with van der Waals surface area (Å²) in [5.74, 6) is -0.444. The lowest BCUT2D eigenvalue weighted by Crippen LogP contribution is -2.40. The Morgan fingerprint density at radius 2 is 1.16 bits per heavy atom. The second-order valence-electron chi connectivity index (χ2n) is 12.4. The van der Waals surface area contributed by atoms with Gasteiger partial charge in [0.15, 0.2) is 0 Å². The van der Waals surface area contributed by atoms with Crippen molar-refractivity contribution in [3.8, 4) is 0 Å². The molecule has 1 aliphatic heterocycles. The number of imidazole rings is 1. The van der Waals surface area contributed by atoms with Crippen molar-refractivity contribution in [1.29, 1.82) is 0 Å². The maximum atomic E-state index is 14.2. The van der Waals surface area contributed by atoms with E-state index in [1.165, 1.54) is 4.90 Å². The molecule has 3 heterocycles. The maximum absolute atomic E-state index is 14.2. The fraction of sp³-hybridized carbons (Fsp3) is 0.128. The summed E-state index contributed by atoms with van der Waals surface area (Å²) in [7, 11) is 0. The van der Waals surface area contributed by atoms with Crippen LogP contribution < -0.4 is 5.56 Å². The number of rotatable bonds is 4.